The van der Waals surface area contributed by atoms with E-state index in [1.807, 2.05) is 23.1 Å². The van der Waals surface area contributed by atoms with Crippen molar-refractivity contribution >= 4 is 39.8 Å². The zero-order chi connectivity index (χ0) is 18.4. The molecular weight excluding hydrogens is 360 g/mol. The monoisotopic (exact) mass is 380 g/mol. The number of nitrogens with zero attached hydrogens (tertiary/aromatic N) is 2. The second-order valence-electron chi connectivity index (χ2n) is 7.24. The van der Waals surface area contributed by atoms with Crippen molar-refractivity contribution < 1.29 is 4.79 Å². The first-order chi connectivity index (χ1) is 13.2. The summed E-state index contributed by atoms with van der Waals surface area (Å²) in [5, 5.41) is 5.06. The van der Waals surface area contributed by atoms with Crippen LogP contribution < -0.4 is 10.2 Å². The van der Waals surface area contributed by atoms with E-state index in [2.05, 4.69) is 39.5 Å². The molecule has 1 aromatic heterocycles. The number of aromatic amines is 1. The molecule has 5 nitrogen and oxygen atoms in total. The van der Waals surface area contributed by atoms with Crippen LogP contribution >= 0.6 is 11.6 Å². The van der Waals surface area contributed by atoms with Crippen LogP contribution in [0.3, 0.4) is 0 Å². The summed E-state index contributed by atoms with van der Waals surface area (Å²) in [6.45, 7) is 2.41. The molecule has 2 aliphatic heterocycles. The van der Waals surface area contributed by atoms with Crippen LogP contribution in [-0.2, 0) is 0 Å². The van der Waals surface area contributed by atoms with Gasteiger partial charge in [0, 0.05) is 41.3 Å². The fraction of sp³-hybridized carbons (Fsp3) is 0.286. The minimum atomic E-state index is 0.0990. The quantitative estimate of drug-likeness (QED) is 0.696. The minimum absolute atomic E-state index is 0.0990. The summed E-state index contributed by atoms with van der Waals surface area (Å²) in [5.41, 5.74) is 4.11. The third-order valence-corrected chi connectivity index (χ3v) is 5.96. The molecule has 0 unspecified atom stereocenters. The Morgan fingerprint density at radius 1 is 1.11 bits per heavy atom. The zero-order valence-electron chi connectivity index (χ0n) is 14.9. The normalized spacial score (nSPS) is 17.2. The maximum atomic E-state index is 13.0. The van der Waals surface area contributed by atoms with Crippen molar-refractivity contribution in [3.63, 3.8) is 0 Å². The molecule has 3 heterocycles. The number of carbonyl (C=O) groups excluding carboxylic acids is 1. The first kappa shape index (κ1) is 16.5. The molecule has 138 valence electrons. The van der Waals surface area contributed by atoms with Gasteiger partial charge in [0.2, 0.25) is 0 Å². The lowest BCUT2D eigenvalue weighted by Gasteiger charge is -2.37. The van der Waals surface area contributed by atoms with Crippen LogP contribution in [0.5, 0.6) is 0 Å². The van der Waals surface area contributed by atoms with E-state index in [0.29, 0.717) is 11.1 Å². The largest absolute Gasteiger partial charge is 0.366 e. The molecule has 1 fully saturated rings. The number of H-pyrrole nitrogens is 1. The number of nitrogens with one attached hydrogen (secondary N) is 2. The van der Waals surface area contributed by atoms with Gasteiger partial charge in [-0.2, -0.15) is 0 Å². The number of rotatable bonds is 2. The van der Waals surface area contributed by atoms with E-state index >= 15 is 0 Å². The maximum Gasteiger partial charge on any atom is 0.256 e. The Labute approximate surface area is 162 Å². The zero-order valence-corrected chi connectivity index (χ0v) is 15.7. The fourth-order valence-electron chi connectivity index (χ4n) is 4.28. The van der Waals surface area contributed by atoms with E-state index in [9.17, 15) is 4.79 Å². The van der Waals surface area contributed by atoms with Crippen molar-refractivity contribution in [1.29, 1.82) is 0 Å². The van der Waals surface area contributed by atoms with Gasteiger partial charge in [-0.1, -0.05) is 29.8 Å². The van der Waals surface area contributed by atoms with Crippen molar-refractivity contribution in [3.05, 3.63) is 59.2 Å². The summed E-state index contributed by atoms with van der Waals surface area (Å²) < 4.78 is 0. The lowest BCUT2D eigenvalue weighted by molar-refractivity contribution is 0.0715. The van der Waals surface area contributed by atoms with Crippen LogP contribution in [0.1, 0.15) is 23.2 Å². The van der Waals surface area contributed by atoms with Crippen LogP contribution in [0.15, 0.2) is 48.7 Å². The highest BCUT2D eigenvalue weighted by Gasteiger charge is 2.31. The van der Waals surface area contributed by atoms with E-state index < -0.39 is 0 Å². The number of para-hydroxylation sites is 2. The fourth-order valence-corrected chi connectivity index (χ4v) is 4.45. The summed E-state index contributed by atoms with van der Waals surface area (Å²) in [4.78, 5) is 20.6. The Morgan fingerprint density at radius 2 is 1.93 bits per heavy atom. The van der Waals surface area contributed by atoms with Crippen molar-refractivity contribution in [2.24, 2.45) is 0 Å². The summed E-state index contributed by atoms with van der Waals surface area (Å²) >= 11 is 6.05. The second kappa shape index (κ2) is 6.50. The SMILES string of the molecule is O=C(c1c[nH]c2cc(Cl)ccc12)N1CCC(N2CNc3ccccc32)CC1. The van der Waals surface area contributed by atoms with E-state index in [0.717, 1.165) is 49.1 Å². The average Bonchev–Trinajstić information content (AvgIpc) is 3.31. The minimum Gasteiger partial charge on any atom is -0.366 e. The van der Waals surface area contributed by atoms with Gasteiger partial charge in [0.15, 0.2) is 0 Å². The van der Waals surface area contributed by atoms with Crippen LogP contribution in [0, 0.1) is 0 Å². The molecule has 2 N–H and O–H groups in total. The maximum absolute atomic E-state index is 13.0. The van der Waals surface area contributed by atoms with E-state index in [1.165, 1.54) is 11.4 Å². The van der Waals surface area contributed by atoms with Gasteiger partial charge in [-0.25, -0.2) is 0 Å². The van der Waals surface area contributed by atoms with E-state index in [4.69, 9.17) is 11.6 Å². The number of halogens is 1. The smallest absolute Gasteiger partial charge is 0.256 e. The van der Waals surface area contributed by atoms with Crippen molar-refractivity contribution in [3.8, 4) is 0 Å². The molecule has 1 saturated heterocycles. The van der Waals surface area contributed by atoms with Crippen molar-refractivity contribution in [1.82, 2.24) is 9.88 Å². The molecule has 0 bridgehead atoms. The molecule has 0 spiro atoms. The standard InChI is InChI=1S/C21H21ClN4O/c22-14-5-6-16-17(12-23-19(16)11-14)21(27)25-9-7-15(8-10-25)26-13-24-18-3-1-2-4-20(18)26/h1-6,11-12,15,23-24H,7-10,13H2. The molecule has 0 saturated carbocycles. The van der Waals surface area contributed by atoms with Crippen molar-refractivity contribution in [2.75, 3.05) is 30.0 Å². The summed E-state index contributed by atoms with van der Waals surface area (Å²) in [6.07, 6.45) is 3.77. The predicted octanol–water partition coefficient (Wildman–Crippen LogP) is 4.32. The van der Waals surface area contributed by atoms with Crippen molar-refractivity contribution in [2.45, 2.75) is 18.9 Å². The Kier molecular flexibility index (Phi) is 3.97. The molecule has 27 heavy (non-hydrogen) atoms. The molecule has 2 aromatic carbocycles. The van der Waals surface area contributed by atoms with Crippen LogP contribution in [0.2, 0.25) is 5.02 Å². The first-order valence-electron chi connectivity index (χ1n) is 9.36. The van der Waals surface area contributed by atoms with E-state index in [1.54, 1.807) is 6.20 Å². The third-order valence-electron chi connectivity index (χ3n) is 5.72. The number of likely N-dealkylation sites (tertiary alicyclic amines) is 1. The van der Waals surface area contributed by atoms with Gasteiger partial charge >= 0.3 is 0 Å². The number of carbonyl (C=O) groups is 1. The number of benzene rings is 2. The molecule has 6 heteroatoms. The average molecular weight is 381 g/mol. The third kappa shape index (κ3) is 2.82. The van der Waals surface area contributed by atoms with Gasteiger partial charge in [0.1, 0.15) is 0 Å². The van der Waals surface area contributed by atoms with Gasteiger partial charge in [0.05, 0.1) is 23.6 Å². The number of anilines is 2. The lowest BCUT2D eigenvalue weighted by atomic mass is 10.0. The number of aromatic nitrogens is 1. The Bertz CT molecular complexity index is 1010. The highest BCUT2D eigenvalue weighted by molar-refractivity contribution is 6.31. The molecule has 0 atom stereocenters. The number of fused-ring (bicyclic) bond motifs is 2. The molecule has 0 radical (unpaired) electrons. The lowest BCUT2D eigenvalue weighted by Crippen LogP contribution is -2.46. The summed E-state index contributed by atoms with van der Waals surface area (Å²) in [7, 11) is 0. The molecule has 3 aromatic rings. The first-order valence-corrected chi connectivity index (χ1v) is 9.74. The van der Waals surface area contributed by atoms with Gasteiger partial charge < -0.3 is 20.1 Å². The molecular formula is C21H21ClN4O. The topological polar surface area (TPSA) is 51.4 Å². The Morgan fingerprint density at radius 3 is 2.78 bits per heavy atom. The Balaban J connectivity index is 1.30. The number of piperidine rings is 1. The van der Waals surface area contributed by atoms with Crippen LogP contribution in [0.25, 0.3) is 10.9 Å². The highest BCUT2D eigenvalue weighted by atomic mass is 35.5. The molecule has 2 aliphatic rings. The highest BCUT2D eigenvalue weighted by Crippen LogP contribution is 2.35. The molecule has 1 amide bonds. The second-order valence-corrected chi connectivity index (χ2v) is 7.67. The van der Waals surface area contributed by atoms with Gasteiger partial charge in [-0.15, -0.1) is 0 Å². The molecule has 5 rings (SSSR count). The number of amides is 1. The van der Waals surface area contributed by atoms with Gasteiger partial charge in [-0.3, -0.25) is 4.79 Å². The van der Waals surface area contributed by atoms with Crippen LogP contribution in [-0.4, -0.2) is 41.6 Å². The van der Waals surface area contributed by atoms with Gasteiger partial charge in [0.25, 0.3) is 5.91 Å². The van der Waals surface area contributed by atoms with Gasteiger partial charge in [-0.05, 0) is 37.1 Å². The number of hydrogen-bond donors (Lipinski definition) is 2. The summed E-state index contributed by atoms with van der Waals surface area (Å²) in [5.74, 6) is 0.0990. The Hall–Kier alpha value is -2.66. The summed E-state index contributed by atoms with van der Waals surface area (Å²) in [6, 6.07) is 14.5. The molecule has 0 aliphatic carbocycles. The van der Waals surface area contributed by atoms with Crippen LogP contribution in [0.4, 0.5) is 11.4 Å². The van der Waals surface area contributed by atoms with E-state index in [-0.39, 0.29) is 5.91 Å². The number of hydrogen-bond acceptors (Lipinski definition) is 3. The predicted molar refractivity (Wildman–Crippen MR) is 110 cm³/mol.